The highest BCUT2D eigenvalue weighted by atomic mass is 127. The monoisotopic (exact) mass is 440 g/mol. The van der Waals surface area contributed by atoms with Gasteiger partial charge in [-0.15, -0.1) is 24.0 Å². The lowest BCUT2D eigenvalue weighted by Crippen LogP contribution is -2.53. The molecule has 2 fully saturated rings. The van der Waals surface area contributed by atoms with Gasteiger partial charge in [-0.25, -0.2) is 0 Å². The van der Waals surface area contributed by atoms with Gasteiger partial charge in [0.15, 0.2) is 5.96 Å². The minimum absolute atomic E-state index is 0. The van der Waals surface area contributed by atoms with E-state index in [1.165, 1.54) is 0 Å². The number of hydrogen-bond acceptors (Lipinski definition) is 4. The van der Waals surface area contributed by atoms with Crippen LogP contribution in [0.25, 0.3) is 0 Å². The number of guanidine groups is 1. The van der Waals surface area contributed by atoms with Crippen LogP contribution in [0.2, 0.25) is 0 Å². The Labute approximate surface area is 157 Å². The van der Waals surface area contributed by atoms with Crippen LogP contribution in [-0.4, -0.2) is 75.0 Å². The fraction of sp³-hybridized carbons (Fsp3) is 0.938. The average Bonchev–Trinajstić information content (AvgIpc) is 2.94. The van der Waals surface area contributed by atoms with E-state index in [4.69, 9.17) is 9.47 Å². The molecule has 0 bridgehead atoms. The first-order valence-corrected chi connectivity index (χ1v) is 8.46. The van der Waals surface area contributed by atoms with Gasteiger partial charge in [-0.05, 0) is 33.6 Å². The van der Waals surface area contributed by atoms with Crippen LogP contribution in [0.1, 0.15) is 33.6 Å². The van der Waals surface area contributed by atoms with E-state index < -0.39 is 0 Å². The molecule has 2 aliphatic rings. The molecule has 0 radical (unpaired) electrons. The van der Waals surface area contributed by atoms with E-state index in [2.05, 4.69) is 41.3 Å². The summed E-state index contributed by atoms with van der Waals surface area (Å²) in [5.41, 5.74) is -0.0536. The van der Waals surface area contributed by atoms with Crippen molar-refractivity contribution in [3.63, 3.8) is 0 Å². The molecule has 136 valence electrons. The van der Waals surface area contributed by atoms with Crippen LogP contribution in [0.5, 0.6) is 0 Å². The Kier molecular flexibility index (Phi) is 9.10. The third-order valence-corrected chi connectivity index (χ3v) is 4.70. The number of ether oxygens (including phenoxy) is 2. The van der Waals surface area contributed by atoms with Crippen LogP contribution < -0.4 is 10.6 Å². The smallest absolute Gasteiger partial charge is 0.191 e. The molecule has 3 atom stereocenters. The number of nitrogens with zero attached hydrogens (tertiary/aromatic N) is 2. The maximum atomic E-state index is 5.80. The van der Waals surface area contributed by atoms with Crippen molar-refractivity contribution in [2.45, 2.75) is 51.3 Å². The van der Waals surface area contributed by atoms with Crippen molar-refractivity contribution in [3.05, 3.63) is 0 Å². The highest BCUT2D eigenvalue weighted by Gasteiger charge is 2.30. The van der Waals surface area contributed by atoms with Crippen LogP contribution in [-0.2, 0) is 9.47 Å². The molecule has 23 heavy (non-hydrogen) atoms. The number of aliphatic imine (C=N–C) groups is 1. The molecule has 0 aromatic carbocycles. The summed E-state index contributed by atoms with van der Waals surface area (Å²) < 4.78 is 11.3. The summed E-state index contributed by atoms with van der Waals surface area (Å²) in [7, 11) is 1.81. The predicted octanol–water partition coefficient (Wildman–Crippen LogP) is 1.45. The van der Waals surface area contributed by atoms with Crippen molar-refractivity contribution in [2.24, 2.45) is 4.99 Å². The standard InChI is InChI=1S/C16H32N4O2.HI/c1-13(20-7-9-21-11-14(20)2)10-18-15(17-4)19-12-16(3)6-5-8-22-16;/h13-14H,5-12H2,1-4H3,(H2,17,18,19);1H. The van der Waals surface area contributed by atoms with E-state index in [1.807, 2.05) is 7.05 Å². The number of nitrogens with one attached hydrogen (secondary N) is 2. The van der Waals surface area contributed by atoms with Crippen LogP contribution in [0, 0.1) is 0 Å². The predicted molar refractivity (Wildman–Crippen MR) is 105 cm³/mol. The van der Waals surface area contributed by atoms with Gasteiger partial charge in [-0.3, -0.25) is 9.89 Å². The summed E-state index contributed by atoms with van der Waals surface area (Å²) in [6, 6.07) is 0.932. The summed E-state index contributed by atoms with van der Waals surface area (Å²) in [5.74, 6) is 0.851. The third kappa shape index (κ3) is 6.36. The molecule has 0 amide bonds. The van der Waals surface area contributed by atoms with E-state index in [0.29, 0.717) is 12.1 Å². The summed E-state index contributed by atoms with van der Waals surface area (Å²) in [6.07, 6.45) is 2.26. The molecule has 2 rings (SSSR count). The minimum atomic E-state index is -0.0536. The van der Waals surface area contributed by atoms with Gasteiger partial charge in [-0.1, -0.05) is 0 Å². The number of rotatable bonds is 5. The van der Waals surface area contributed by atoms with E-state index in [9.17, 15) is 0 Å². The topological polar surface area (TPSA) is 58.1 Å². The maximum absolute atomic E-state index is 5.80. The van der Waals surface area contributed by atoms with Crippen molar-refractivity contribution in [1.82, 2.24) is 15.5 Å². The van der Waals surface area contributed by atoms with E-state index in [1.54, 1.807) is 0 Å². The Hall–Kier alpha value is -0.120. The number of halogens is 1. The molecule has 0 saturated carbocycles. The second-order valence-electron chi connectivity index (χ2n) is 6.72. The Balaban J connectivity index is 0.00000264. The molecule has 0 aromatic heterocycles. The molecule has 3 unspecified atom stereocenters. The summed E-state index contributed by atoms with van der Waals surface area (Å²) >= 11 is 0. The highest BCUT2D eigenvalue weighted by Crippen LogP contribution is 2.23. The van der Waals surface area contributed by atoms with Gasteiger partial charge >= 0.3 is 0 Å². The fourth-order valence-corrected chi connectivity index (χ4v) is 3.22. The first kappa shape index (κ1) is 20.9. The van der Waals surface area contributed by atoms with Gasteiger partial charge in [0.25, 0.3) is 0 Å². The van der Waals surface area contributed by atoms with Gasteiger partial charge in [0.1, 0.15) is 0 Å². The second kappa shape index (κ2) is 10.0. The van der Waals surface area contributed by atoms with Gasteiger partial charge < -0.3 is 20.1 Å². The lowest BCUT2D eigenvalue weighted by molar-refractivity contribution is -0.0174. The lowest BCUT2D eigenvalue weighted by atomic mass is 10.0. The molecule has 0 aromatic rings. The first-order chi connectivity index (χ1) is 10.5. The SMILES string of the molecule is CN=C(NCC(C)N1CCOCC1C)NCC1(C)CCCO1.I. The van der Waals surface area contributed by atoms with E-state index >= 15 is 0 Å². The van der Waals surface area contributed by atoms with Crippen LogP contribution >= 0.6 is 24.0 Å². The zero-order chi connectivity index (χ0) is 16.0. The summed E-state index contributed by atoms with van der Waals surface area (Å²) in [6.45, 7) is 11.8. The van der Waals surface area contributed by atoms with E-state index in [0.717, 1.165) is 58.3 Å². The van der Waals surface area contributed by atoms with Crippen molar-refractivity contribution in [2.75, 3.05) is 46.5 Å². The largest absolute Gasteiger partial charge is 0.379 e. The third-order valence-electron chi connectivity index (χ3n) is 4.70. The maximum Gasteiger partial charge on any atom is 0.191 e. The van der Waals surface area contributed by atoms with Crippen LogP contribution in [0.4, 0.5) is 0 Å². The highest BCUT2D eigenvalue weighted by molar-refractivity contribution is 14.0. The zero-order valence-corrected chi connectivity index (χ0v) is 17.3. The van der Waals surface area contributed by atoms with Gasteiger partial charge in [0, 0.05) is 45.4 Å². The Morgan fingerprint density at radius 2 is 2.17 bits per heavy atom. The molecule has 0 spiro atoms. The molecule has 2 N–H and O–H groups in total. The normalized spacial score (nSPS) is 30.6. The first-order valence-electron chi connectivity index (χ1n) is 8.46. The molecular weight excluding hydrogens is 407 g/mol. The van der Waals surface area contributed by atoms with Crippen molar-refractivity contribution in [1.29, 1.82) is 0 Å². The van der Waals surface area contributed by atoms with Crippen molar-refractivity contribution in [3.8, 4) is 0 Å². The fourth-order valence-electron chi connectivity index (χ4n) is 3.22. The molecule has 2 heterocycles. The van der Waals surface area contributed by atoms with Gasteiger partial charge in [0.05, 0.1) is 18.8 Å². The Bertz CT molecular complexity index is 375. The van der Waals surface area contributed by atoms with Crippen molar-refractivity contribution >= 4 is 29.9 Å². The van der Waals surface area contributed by atoms with Crippen LogP contribution in [0.3, 0.4) is 0 Å². The Morgan fingerprint density at radius 1 is 1.39 bits per heavy atom. The minimum Gasteiger partial charge on any atom is -0.379 e. The Morgan fingerprint density at radius 3 is 2.78 bits per heavy atom. The quantitative estimate of drug-likeness (QED) is 0.385. The average molecular weight is 440 g/mol. The van der Waals surface area contributed by atoms with Gasteiger partial charge in [-0.2, -0.15) is 0 Å². The lowest BCUT2D eigenvalue weighted by Gasteiger charge is -2.38. The second-order valence-corrected chi connectivity index (χ2v) is 6.72. The van der Waals surface area contributed by atoms with E-state index in [-0.39, 0.29) is 29.6 Å². The van der Waals surface area contributed by atoms with Crippen molar-refractivity contribution < 1.29 is 9.47 Å². The molecule has 2 saturated heterocycles. The molecule has 2 aliphatic heterocycles. The molecule has 7 heteroatoms. The molecule has 0 aliphatic carbocycles. The zero-order valence-electron chi connectivity index (χ0n) is 14.9. The van der Waals surface area contributed by atoms with Gasteiger partial charge in [0.2, 0.25) is 0 Å². The number of morpholine rings is 1. The summed E-state index contributed by atoms with van der Waals surface area (Å²) in [4.78, 5) is 6.80. The molecular formula is C16H33IN4O2. The van der Waals surface area contributed by atoms with Crippen LogP contribution in [0.15, 0.2) is 4.99 Å². The summed E-state index contributed by atoms with van der Waals surface area (Å²) in [5, 5.41) is 6.82. The molecule has 6 nitrogen and oxygen atoms in total. The number of hydrogen-bond donors (Lipinski definition) is 2.